The van der Waals surface area contributed by atoms with Crippen molar-refractivity contribution in [2.45, 2.75) is 64.5 Å². The van der Waals surface area contributed by atoms with Gasteiger partial charge in [-0.2, -0.15) is 5.10 Å². The van der Waals surface area contributed by atoms with E-state index in [1.54, 1.807) is 0 Å². The Labute approximate surface area is 105 Å². The molecule has 1 aliphatic rings. The zero-order chi connectivity index (χ0) is 12.3. The highest BCUT2D eigenvalue weighted by Crippen LogP contribution is 2.30. The lowest BCUT2D eigenvalue weighted by molar-refractivity contribution is 0.413. The molecule has 1 N–H and O–H groups in total. The van der Waals surface area contributed by atoms with Gasteiger partial charge in [0.05, 0.1) is 12.2 Å². The smallest absolute Gasteiger partial charge is 0.0540 e. The van der Waals surface area contributed by atoms with E-state index in [1.807, 2.05) is 0 Å². The lowest BCUT2D eigenvalue weighted by Crippen LogP contribution is -2.17. The first-order chi connectivity index (χ1) is 8.31. The topological polar surface area (TPSA) is 29.9 Å². The largest absolute Gasteiger partial charge is 0.313 e. The highest BCUT2D eigenvalue weighted by atomic mass is 15.3. The van der Waals surface area contributed by atoms with Crippen LogP contribution in [0.1, 0.15) is 69.3 Å². The first-order valence-corrected chi connectivity index (χ1v) is 7.05. The first-order valence-electron chi connectivity index (χ1n) is 7.05. The van der Waals surface area contributed by atoms with Crippen molar-refractivity contribution in [1.29, 1.82) is 0 Å². The summed E-state index contributed by atoms with van der Waals surface area (Å²) in [5.74, 6) is 0. The summed E-state index contributed by atoms with van der Waals surface area (Å²) in [6, 6.07) is 1.09. The van der Waals surface area contributed by atoms with Crippen molar-refractivity contribution in [3.8, 4) is 0 Å². The Kier molecular flexibility index (Phi) is 4.21. The molecule has 0 amide bonds. The molecule has 17 heavy (non-hydrogen) atoms. The molecule has 0 aromatic carbocycles. The lowest BCUT2D eigenvalue weighted by atomic mass is 10.1. The second kappa shape index (κ2) is 5.67. The van der Waals surface area contributed by atoms with Crippen molar-refractivity contribution in [2.24, 2.45) is 0 Å². The zero-order valence-electron chi connectivity index (χ0n) is 11.4. The zero-order valence-corrected chi connectivity index (χ0v) is 11.4. The standard InChI is InChI=1S/C14H25N3/c1-4-11(5-2)17-14-9-7-6-8-13(15-3)12(14)10-16-17/h10-11,13,15H,4-9H2,1-3H3. The van der Waals surface area contributed by atoms with Crippen LogP contribution in [0, 0.1) is 0 Å². The van der Waals surface area contributed by atoms with Crippen LogP contribution in [0.15, 0.2) is 6.20 Å². The average Bonchev–Trinajstić information content (AvgIpc) is 2.65. The summed E-state index contributed by atoms with van der Waals surface area (Å²) in [6.07, 6.45) is 9.52. The van der Waals surface area contributed by atoms with Crippen LogP contribution in [0.4, 0.5) is 0 Å². The normalized spacial score (nSPS) is 20.4. The Hall–Kier alpha value is -0.830. The van der Waals surface area contributed by atoms with Gasteiger partial charge in [0.25, 0.3) is 0 Å². The monoisotopic (exact) mass is 235 g/mol. The highest BCUT2D eigenvalue weighted by Gasteiger charge is 2.23. The predicted molar refractivity (Wildman–Crippen MR) is 71.2 cm³/mol. The Morgan fingerprint density at radius 1 is 1.41 bits per heavy atom. The highest BCUT2D eigenvalue weighted by molar-refractivity contribution is 5.24. The number of nitrogens with zero attached hydrogens (tertiary/aromatic N) is 2. The molecule has 0 aliphatic heterocycles. The van der Waals surface area contributed by atoms with E-state index in [0.29, 0.717) is 12.1 Å². The quantitative estimate of drug-likeness (QED) is 0.812. The van der Waals surface area contributed by atoms with Crippen LogP contribution in [0.3, 0.4) is 0 Å². The molecule has 3 nitrogen and oxygen atoms in total. The lowest BCUT2D eigenvalue weighted by Gasteiger charge is -2.18. The van der Waals surface area contributed by atoms with Gasteiger partial charge in [-0.05, 0) is 39.2 Å². The third-order valence-electron chi connectivity index (χ3n) is 4.10. The van der Waals surface area contributed by atoms with Gasteiger partial charge in [-0.1, -0.05) is 20.3 Å². The summed E-state index contributed by atoms with van der Waals surface area (Å²) in [5, 5.41) is 8.09. The maximum absolute atomic E-state index is 4.66. The van der Waals surface area contributed by atoms with Crippen molar-refractivity contribution < 1.29 is 0 Å². The molecule has 2 rings (SSSR count). The van der Waals surface area contributed by atoms with E-state index >= 15 is 0 Å². The van der Waals surface area contributed by atoms with Crippen molar-refractivity contribution in [2.75, 3.05) is 7.05 Å². The summed E-state index contributed by atoms with van der Waals surface area (Å²) in [6.45, 7) is 4.52. The second-order valence-electron chi connectivity index (χ2n) is 5.05. The number of nitrogens with one attached hydrogen (secondary N) is 1. The minimum Gasteiger partial charge on any atom is -0.313 e. The van der Waals surface area contributed by atoms with Crippen LogP contribution in [0.25, 0.3) is 0 Å². The molecule has 0 bridgehead atoms. The van der Waals surface area contributed by atoms with Crippen molar-refractivity contribution in [1.82, 2.24) is 15.1 Å². The Morgan fingerprint density at radius 3 is 2.82 bits per heavy atom. The van der Waals surface area contributed by atoms with Crippen LogP contribution >= 0.6 is 0 Å². The van der Waals surface area contributed by atoms with E-state index in [4.69, 9.17) is 0 Å². The predicted octanol–water partition coefficient (Wildman–Crippen LogP) is 3.23. The molecule has 0 radical (unpaired) electrons. The summed E-state index contributed by atoms with van der Waals surface area (Å²) in [5.41, 5.74) is 2.92. The van der Waals surface area contributed by atoms with Crippen LogP contribution in [-0.4, -0.2) is 16.8 Å². The maximum Gasteiger partial charge on any atom is 0.0540 e. The SMILES string of the molecule is CCC(CC)n1ncc2c1CCCCC2NC. The molecule has 0 saturated carbocycles. The Balaban J connectivity index is 2.34. The van der Waals surface area contributed by atoms with Gasteiger partial charge >= 0.3 is 0 Å². The molecule has 96 valence electrons. The average molecular weight is 235 g/mol. The molecule has 1 unspecified atom stereocenters. The third kappa shape index (κ3) is 2.39. The number of fused-ring (bicyclic) bond motifs is 1. The van der Waals surface area contributed by atoms with E-state index in [9.17, 15) is 0 Å². The molecule has 1 atom stereocenters. The minimum atomic E-state index is 0.510. The van der Waals surface area contributed by atoms with E-state index in [2.05, 4.69) is 42.2 Å². The summed E-state index contributed by atoms with van der Waals surface area (Å²) < 4.78 is 2.30. The first kappa shape index (κ1) is 12.6. The molecule has 0 spiro atoms. The minimum absolute atomic E-state index is 0.510. The molecule has 1 aliphatic carbocycles. The van der Waals surface area contributed by atoms with Gasteiger partial charge in [0.2, 0.25) is 0 Å². The van der Waals surface area contributed by atoms with Gasteiger partial charge < -0.3 is 5.32 Å². The van der Waals surface area contributed by atoms with E-state index < -0.39 is 0 Å². The van der Waals surface area contributed by atoms with Crippen LogP contribution in [0.2, 0.25) is 0 Å². The van der Waals surface area contributed by atoms with E-state index in [0.717, 1.165) is 0 Å². The Morgan fingerprint density at radius 2 is 2.18 bits per heavy atom. The fourth-order valence-electron chi connectivity index (χ4n) is 3.00. The summed E-state index contributed by atoms with van der Waals surface area (Å²) in [4.78, 5) is 0. The van der Waals surface area contributed by atoms with Crippen molar-refractivity contribution in [3.63, 3.8) is 0 Å². The number of hydrogen-bond acceptors (Lipinski definition) is 2. The van der Waals surface area contributed by atoms with Gasteiger partial charge in [0, 0.05) is 17.3 Å². The Bertz CT molecular complexity index is 352. The van der Waals surface area contributed by atoms with Gasteiger partial charge in [0.15, 0.2) is 0 Å². The number of rotatable bonds is 4. The van der Waals surface area contributed by atoms with Crippen LogP contribution in [-0.2, 0) is 6.42 Å². The maximum atomic E-state index is 4.66. The third-order valence-corrected chi connectivity index (χ3v) is 4.10. The molecular weight excluding hydrogens is 210 g/mol. The van der Waals surface area contributed by atoms with Gasteiger partial charge in [0.1, 0.15) is 0 Å². The van der Waals surface area contributed by atoms with Gasteiger partial charge in [-0.15, -0.1) is 0 Å². The summed E-state index contributed by atoms with van der Waals surface area (Å²) in [7, 11) is 2.06. The second-order valence-corrected chi connectivity index (χ2v) is 5.05. The molecule has 3 heteroatoms. The van der Waals surface area contributed by atoms with E-state index in [-0.39, 0.29) is 0 Å². The van der Waals surface area contributed by atoms with Gasteiger partial charge in [-0.25, -0.2) is 0 Å². The number of hydrogen-bond donors (Lipinski definition) is 1. The fourth-order valence-corrected chi connectivity index (χ4v) is 3.00. The van der Waals surface area contributed by atoms with Crippen molar-refractivity contribution in [3.05, 3.63) is 17.5 Å². The van der Waals surface area contributed by atoms with Crippen LogP contribution in [0.5, 0.6) is 0 Å². The molecule has 1 heterocycles. The number of aromatic nitrogens is 2. The fraction of sp³-hybridized carbons (Fsp3) is 0.786. The summed E-state index contributed by atoms with van der Waals surface area (Å²) >= 11 is 0. The molecule has 1 aromatic rings. The van der Waals surface area contributed by atoms with Crippen LogP contribution < -0.4 is 5.32 Å². The molecule has 0 saturated heterocycles. The molecule has 0 fully saturated rings. The van der Waals surface area contributed by atoms with E-state index in [1.165, 1.54) is 49.8 Å². The van der Waals surface area contributed by atoms with Gasteiger partial charge in [-0.3, -0.25) is 4.68 Å². The molecular formula is C14H25N3. The molecule has 1 aromatic heterocycles. The van der Waals surface area contributed by atoms with Crippen molar-refractivity contribution >= 4 is 0 Å².